The van der Waals surface area contributed by atoms with Crippen LogP contribution in [0.1, 0.15) is 6.92 Å². The molecule has 0 bridgehead atoms. The normalized spacial score (nSPS) is 16.1. The monoisotopic (exact) mass is 232 g/mol. The van der Waals surface area contributed by atoms with Crippen LogP contribution in [0.15, 0.2) is 0 Å². The van der Waals surface area contributed by atoms with Crippen LogP contribution < -0.4 is 0 Å². The van der Waals surface area contributed by atoms with E-state index in [4.69, 9.17) is 17.9 Å². The van der Waals surface area contributed by atoms with Gasteiger partial charge in [0.15, 0.2) is 0 Å². The molecule has 0 amide bonds. The van der Waals surface area contributed by atoms with Crippen LogP contribution in [0.2, 0.25) is 0 Å². The van der Waals surface area contributed by atoms with Crippen LogP contribution in [0.5, 0.6) is 0 Å². The number of rotatable bonds is 7. The van der Waals surface area contributed by atoms with Crippen molar-refractivity contribution in [3.05, 3.63) is 0 Å². The zero-order valence-corrected chi connectivity index (χ0v) is 9.84. The van der Waals surface area contributed by atoms with E-state index in [2.05, 4.69) is 4.52 Å². The lowest BCUT2D eigenvalue weighted by molar-refractivity contribution is 0.169. The SMILES string of the molecule is CCOP(=O)(OC)OP(OC)OC. The lowest BCUT2D eigenvalue weighted by atomic mass is 10.9. The van der Waals surface area contributed by atoms with E-state index in [0.717, 1.165) is 0 Å². The van der Waals surface area contributed by atoms with Crippen molar-refractivity contribution < 1.29 is 27.0 Å². The van der Waals surface area contributed by atoms with Gasteiger partial charge in [-0.15, -0.1) is 0 Å². The zero-order chi connectivity index (χ0) is 10.3. The van der Waals surface area contributed by atoms with Crippen molar-refractivity contribution in [2.24, 2.45) is 0 Å². The van der Waals surface area contributed by atoms with Gasteiger partial charge < -0.3 is 9.05 Å². The maximum absolute atomic E-state index is 11.5. The summed E-state index contributed by atoms with van der Waals surface area (Å²) in [5, 5.41) is 0. The summed E-state index contributed by atoms with van der Waals surface area (Å²) in [5.41, 5.74) is 0. The fourth-order valence-corrected chi connectivity index (χ4v) is 2.70. The minimum atomic E-state index is -3.51. The largest absolute Gasteiger partial charge is 0.481 e. The Labute approximate surface area is 79.1 Å². The van der Waals surface area contributed by atoms with Gasteiger partial charge in [0.1, 0.15) is 0 Å². The van der Waals surface area contributed by atoms with Crippen molar-refractivity contribution in [1.82, 2.24) is 0 Å². The van der Waals surface area contributed by atoms with Gasteiger partial charge in [-0.05, 0) is 6.92 Å². The zero-order valence-electron chi connectivity index (χ0n) is 8.05. The van der Waals surface area contributed by atoms with Gasteiger partial charge >= 0.3 is 16.4 Å². The molecule has 0 rings (SSSR count). The average Bonchev–Trinajstić information content (AvgIpc) is 2.15. The van der Waals surface area contributed by atoms with Crippen LogP contribution in [0.25, 0.3) is 0 Å². The molecule has 8 heteroatoms. The Hall–Kier alpha value is 0.460. The number of phosphoric acid groups is 1. The van der Waals surface area contributed by atoms with E-state index in [0.29, 0.717) is 0 Å². The first-order valence-electron chi connectivity index (χ1n) is 3.50. The van der Waals surface area contributed by atoms with Gasteiger partial charge in [0.2, 0.25) is 0 Å². The molecule has 0 aromatic carbocycles. The summed E-state index contributed by atoms with van der Waals surface area (Å²) in [6.45, 7) is 1.90. The van der Waals surface area contributed by atoms with Gasteiger partial charge in [-0.2, -0.15) is 0 Å². The van der Waals surface area contributed by atoms with Crippen molar-refractivity contribution in [1.29, 1.82) is 0 Å². The smallest absolute Gasteiger partial charge is 0.315 e. The summed E-state index contributed by atoms with van der Waals surface area (Å²) in [5.74, 6) is 0. The Kier molecular flexibility index (Phi) is 7.09. The van der Waals surface area contributed by atoms with Crippen LogP contribution in [-0.2, 0) is 27.0 Å². The lowest BCUT2D eigenvalue weighted by Crippen LogP contribution is -1.96. The van der Waals surface area contributed by atoms with Crippen molar-refractivity contribution in [2.45, 2.75) is 6.92 Å². The molecule has 0 spiro atoms. The number of hydrogen-bond acceptors (Lipinski definition) is 6. The van der Waals surface area contributed by atoms with Crippen molar-refractivity contribution in [2.75, 3.05) is 27.9 Å². The first-order valence-corrected chi connectivity index (χ1v) is 6.05. The van der Waals surface area contributed by atoms with Crippen LogP contribution in [0.3, 0.4) is 0 Å². The van der Waals surface area contributed by atoms with Gasteiger partial charge in [0, 0.05) is 21.3 Å². The molecule has 0 saturated heterocycles. The predicted octanol–water partition coefficient (Wildman–Crippen LogP) is 2.31. The molecular formula is C5H14O6P2. The lowest BCUT2D eigenvalue weighted by Gasteiger charge is -2.17. The van der Waals surface area contributed by atoms with E-state index >= 15 is 0 Å². The molecule has 0 saturated carbocycles. The molecule has 0 aromatic heterocycles. The predicted molar refractivity (Wildman–Crippen MR) is 48.3 cm³/mol. The molecule has 0 N–H and O–H groups in total. The summed E-state index contributed by atoms with van der Waals surface area (Å²) in [4.78, 5) is 0. The minimum absolute atomic E-state index is 0.224. The highest BCUT2D eigenvalue weighted by molar-refractivity contribution is 7.59. The quantitative estimate of drug-likeness (QED) is 0.627. The third-order valence-corrected chi connectivity index (χ3v) is 3.93. The third-order valence-electron chi connectivity index (χ3n) is 0.976. The van der Waals surface area contributed by atoms with Gasteiger partial charge in [-0.1, -0.05) is 0 Å². The first kappa shape index (κ1) is 13.5. The van der Waals surface area contributed by atoms with Crippen molar-refractivity contribution in [3.8, 4) is 0 Å². The Morgan fingerprint density at radius 1 is 1.23 bits per heavy atom. The van der Waals surface area contributed by atoms with Crippen LogP contribution in [0, 0.1) is 0 Å². The van der Waals surface area contributed by atoms with E-state index in [1.54, 1.807) is 6.92 Å². The molecule has 0 fully saturated rings. The molecule has 80 valence electrons. The van der Waals surface area contributed by atoms with Gasteiger partial charge in [-0.25, -0.2) is 8.88 Å². The van der Waals surface area contributed by atoms with Crippen LogP contribution in [-0.4, -0.2) is 27.9 Å². The minimum Gasteiger partial charge on any atom is -0.315 e. The van der Waals surface area contributed by atoms with Gasteiger partial charge in [-0.3, -0.25) is 9.05 Å². The van der Waals surface area contributed by atoms with E-state index in [1.807, 2.05) is 0 Å². The summed E-state index contributed by atoms with van der Waals surface area (Å²) in [7, 11) is -1.20. The third kappa shape index (κ3) is 5.03. The molecule has 0 aliphatic heterocycles. The molecular weight excluding hydrogens is 218 g/mol. The van der Waals surface area contributed by atoms with Crippen LogP contribution in [0.4, 0.5) is 0 Å². The second kappa shape index (κ2) is 6.85. The first-order chi connectivity index (χ1) is 6.11. The van der Waals surface area contributed by atoms with E-state index < -0.39 is 16.4 Å². The topological polar surface area (TPSA) is 63.2 Å². The van der Waals surface area contributed by atoms with E-state index in [9.17, 15) is 4.57 Å². The van der Waals surface area contributed by atoms with Gasteiger partial charge in [0.05, 0.1) is 6.61 Å². The number of hydrogen-bond donors (Lipinski definition) is 0. The second-order valence-corrected chi connectivity index (χ2v) is 5.07. The molecule has 6 nitrogen and oxygen atoms in total. The molecule has 0 aromatic rings. The standard InChI is InChI=1S/C5H14O6P2/c1-5-10-13(6,9-4)11-12(7-2)8-3/h5H2,1-4H3. The van der Waals surface area contributed by atoms with E-state index in [-0.39, 0.29) is 6.61 Å². The maximum Gasteiger partial charge on any atom is 0.481 e. The highest BCUT2D eigenvalue weighted by Crippen LogP contribution is 2.60. The maximum atomic E-state index is 11.5. The van der Waals surface area contributed by atoms with Gasteiger partial charge in [0.25, 0.3) is 0 Å². The number of phosphoric ester groups is 1. The second-order valence-electron chi connectivity index (χ2n) is 1.72. The van der Waals surface area contributed by atoms with Crippen LogP contribution >= 0.6 is 16.4 Å². The molecule has 0 radical (unpaired) electrons. The molecule has 0 heterocycles. The summed E-state index contributed by atoms with van der Waals surface area (Å²) in [6, 6.07) is 0. The molecule has 13 heavy (non-hydrogen) atoms. The Morgan fingerprint density at radius 3 is 2.08 bits per heavy atom. The fourth-order valence-electron chi connectivity index (χ4n) is 0.491. The summed E-state index contributed by atoms with van der Waals surface area (Å²) >= 11 is 0. The fraction of sp³-hybridized carbons (Fsp3) is 1.00. The highest BCUT2D eigenvalue weighted by Gasteiger charge is 2.30. The summed E-state index contributed by atoms with van der Waals surface area (Å²) < 4.78 is 35.2. The Bertz CT molecular complexity index is 170. The molecule has 0 aliphatic carbocycles. The average molecular weight is 232 g/mol. The Morgan fingerprint density at radius 2 is 1.77 bits per heavy atom. The molecule has 0 aliphatic rings. The highest BCUT2D eigenvalue weighted by atomic mass is 31.3. The van der Waals surface area contributed by atoms with Crippen molar-refractivity contribution in [3.63, 3.8) is 0 Å². The van der Waals surface area contributed by atoms with Crippen molar-refractivity contribution >= 4 is 16.4 Å². The molecule has 1 unspecified atom stereocenters. The Balaban J connectivity index is 4.16. The summed E-state index contributed by atoms with van der Waals surface area (Å²) in [6.07, 6.45) is 0. The van der Waals surface area contributed by atoms with E-state index in [1.165, 1.54) is 21.3 Å². The molecule has 1 atom stereocenters.